The van der Waals surface area contributed by atoms with E-state index in [4.69, 9.17) is 16.6 Å². The summed E-state index contributed by atoms with van der Waals surface area (Å²) in [6.07, 6.45) is 0. The van der Waals surface area contributed by atoms with Crippen molar-refractivity contribution in [2.75, 3.05) is 32.7 Å². The van der Waals surface area contributed by atoms with Crippen molar-refractivity contribution >= 4 is 17.6 Å². The van der Waals surface area contributed by atoms with Gasteiger partial charge in [-0.1, -0.05) is 23.7 Å². The number of aryl methyl sites for hydroxylation is 2. The van der Waals surface area contributed by atoms with Crippen molar-refractivity contribution in [3.63, 3.8) is 0 Å². The minimum absolute atomic E-state index is 0.663. The molecule has 0 radical (unpaired) electrons. The van der Waals surface area contributed by atoms with Crippen LogP contribution in [0.2, 0.25) is 5.02 Å². The van der Waals surface area contributed by atoms with E-state index in [0.29, 0.717) is 6.54 Å². The van der Waals surface area contributed by atoms with Gasteiger partial charge in [0.05, 0.1) is 12.2 Å². The molecule has 1 aliphatic heterocycles. The van der Waals surface area contributed by atoms with Gasteiger partial charge in [-0.3, -0.25) is 9.58 Å². The van der Waals surface area contributed by atoms with Crippen LogP contribution in [0.4, 0.5) is 0 Å². The Kier molecular flexibility index (Phi) is 6.97. The Morgan fingerprint density at radius 3 is 2.57 bits per heavy atom. The number of hydrogen-bond acceptors (Lipinski definition) is 3. The van der Waals surface area contributed by atoms with Gasteiger partial charge in [0.1, 0.15) is 0 Å². The van der Waals surface area contributed by atoms with Gasteiger partial charge in [0.25, 0.3) is 0 Å². The van der Waals surface area contributed by atoms with Crippen LogP contribution >= 0.6 is 11.6 Å². The zero-order valence-electron chi connectivity index (χ0n) is 17.4. The number of nitrogens with zero attached hydrogens (tertiary/aromatic N) is 5. The molecule has 1 fully saturated rings. The van der Waals surface area contributed by atoms with E-state index >= 15 is 0 Å². The molecule has 0 saturated carbocycles. The Labute approximate surface area is 173 Å². The summed E-state index contributed by atoms with van der Waals surface area (Å²) in [4.78, 5) is 9.74. The van der Waals surface area contributed by atoms with Crippen molar-refractivity contribution in [1.29, 1.82) is 0 Å². The number of piperazine rings is 1. The summed E-state index contributed by atoms with van der Waals surface area (Å²) in [6.45, 7) is 12.7. The predicted octanol–water partition coefficient (Wildman–Crippen LogP) is 2.97. The summed E-state index contributed by atoms with van der Waals surface area (Å²) in [5.74, 6) is 0.993. The number of benzene rings is 1. The van der Waals surface area contributed by atoms with Crippen LogP contribution in [0.15, 0.2) is 29.3 Å². The third kappa shape index (κ3) is 5.06. The average molecular weight is 403 g/mol. The molecule has 1 N–H and O–H groups in total. The van der Waals surface area contributed by atoms with E-state index in [2.05, 4.69) is 53.1 Å². The van der Waals surface area contributed by atoms with Crippen molar-refractivity contribution in [3.8, 4) is 0 Å². The molecule has 1 aromatic heterocycles. The molecular weight excluding hydrogens is 372 g/mol. The van der Waals surface area contributed by atoms with Crippen molar-refractivity contribution in [2.45, 2.75) is 33.9 Å². The number of aliphatic imine (C=N–C) groups is 1. The molecule has 28 heavy (non-hydrogen) atoms. The molecule has 7 heteroatoms. The largest absolute Gasteiger partial charge is 0.357 e. The van der Waals surface area contributed by atoms with Gasteiger partial charge in [-0.05, 0) is 38.5 Å². The molecule has 0 atom stereocenters. The molecule has 0 amide bonds. The fraction of sp³-hybridized carbons (Fsp3) is 0.524. The quantitative estimate of drug-likeness (QED) is 0.617. The SMILES string of the molecule is CCNC(=NCc1c(C)nn(C)c1C)N1CCN(Cc2cccc(Cl)c2)CC1. The van der Waals surface area contributed by atoms with Gasteiger partial charge in [-0.2, -0.15) is 5.10 Å². The smallest absolute Gasteiger partial charge is 0.194 e. The van der Waals surface area contributed by atoms with E-state index in [9.17, 15) is 0 Å². The maximum Gasteiger partial charge on any atom is 0.194 e. The molecule has 2 heterocycles. The third-order valence-corrected chi connectivity index (χ3v) is 5.58. The first-order chi connectivity index (χ1) is 13.5. The third-order valence-electron chi connectivity index (χ3n) is 5.35. The monoisotopic (exact) mass is 402 g/mol. The minimum Gasteiger partial charge on any atom is -0.357 e. The van der Waals surface area contributed by atoms with Crippen LogP contribution < -0.4 is 5.32 Å². The van der Waals surface area contributed by atoms with Gasteiger partial charge >= 0.3 is 0 Å². The second-order valence-corrected chi connectivity index (χ2v) is 7.77. The van der Waals surface area contributed by atoms with Crippen LogP contribution in [0.1, 0.15) is 29.4 Å². The van der Waals surface area contributed by atoms with E-state index < -0.39 is 0 Å². The Morgan fingerprint density at radius 1 is 1.21 bits per heavy atom. The first-order valence-corrected chi connectivity index (χ1v) is 10.3. The molecule has 1 aromatic carbocycles. The highest BCUT2D eigenvalue weighted by atomic mass is 35.5. The standard InChI is InChI=1S/C21H31ClN6/c1-5-23-21(24-14-20-16(2)25-26(4)17(20)3)28-11-9-27(10-12-28)15-18-7-6-8-19(22)13-18/h6-8,13H,5,9-12,14-15H2,1-4H3,(H,23,24). The topological polar surface area (TPSA) is 48.7 Å². The molecule has 0 aliphatic carbocycles. The number of halogens is 1. The average Bonchev–Trinajstić information content (AvgIpc) is 2.91. The van der Waals surface area contributed by atoms with Crippen LogP contribution in [-0.2, 0) is 20.1 Å². The van der Waals surface area contributed by atoms with E-state index in [0.717, 1.165) is 55.9 Å². The zero-order valence-corrected chi connectivity index (χ0v) is 18.1. The van der Waals surface area contributed by atoms with Gasteiger partial charge in [0.2, 0.25) is 0 Å². The summed E-state index contributed by atoms with van der Waals surface area (Å²) < 4.78 is 1.93. The van der Waals surface area contributed by atoms with E-state index in [1.807, 2.05) is 23.9 Å². The van der Waals surface area contributed by atoms with Crippen LogP contribution in [-0.4, -0.2) is 58.3 Å². The summed E-state index contributed by atoms with van der Waals surface area (Å²) >= 11 is 6.11. The normalized spacial score (nSPS) is 15.9. The maximum atomic E-state index is 6.11. The lowest BCUT2D eigenvalue weighted by atomic mass is 10.2. The Morgan fingerprint density at radius 2 is 1.96 bits per heavy atom. The molecule has 152 valence electrons. The first-order valence-electron chi connectivity index (χ1n) is 9.97. The first kappa shape index (κ1) is 20.7. The molecular formula is C21H31ClN6. The number of aromatic nitrogens is 2. The van der Waals surface area contributed by atoms with Gasteiger partial charge in [0.15, 0.2) is 5.96 Å². The summed E-state index contributed by atoms with van der Waals surface area (Å²) in [5, 5.41) is 8.76. The van der Waals surface area contributed by atoms with E-state index in [1.165, 1.54) is 16.8 Å². The van der Waals surface area contributed by atoms with Gasteiger partial charge in [-0.15, -0.1) is 0 Å². The number of hydrogen-bond donors (Lipinski definition) is 1. The molecule has 1 aliphatic rings. The summed E-state index contributed by atoms with van der Waals surface area (Å²) in [6, 6.07) is 8.14. The molecule has 1 saturated heterocycles. The predicted molar refractivity (Wildman–Crippen MR) is 116 cm³/mol. The molecule has 2 aromatic rings. The van der Waals surface area contributed by atoms with Crippen LogP contribution in [0.3, 0.4) is 0 Å². The Bertz CT molecular complexity index is 820. The van der Waals surface area contributed by atoms with Gasteiger partial charge < -0.3 is 10.2 Å². The number of guanidine groups is 1. The Balaban J connectivity index is 1.61. The lowest BCUT2D eigenvalue weighted by Crippen LogP contribution is -2.52. The highest BCUT2D eigenvalue weighted by Crippen LogP contribution is 2.15. The second-order valence-electron chi connectivity index (χ2n) is 7.34. The second kappa shape index (κ2) is 9.43. The van der Waals surface area contributed by atoms with Gasteiger partial charge in [-0.25, -0.2) is 4.99 Å². The Hall–Kier alpha value is -2.05. The zero-order chi connectivity index (χ0) is 20.1. The highest BCUT2D eigenvalue weighted by molar-refractivity contribution is 6.30. The molecule has 3 rings (SSSR count). The summed E-state index contributed by atoms with van der Waals surface area (Å²) in [7, 11) is 1.99. The van der Waals surface area contributed by atoms with Crippen molar-refractivity contribution in [3.05, 3.63) is 51.8 Å². The van der Waals surface area contributed by atoms with Crippen LogP contribution in [0.5, 0.6) is 0 Å². The summed E-state index contributed by atoms with van der Waals surface area (Å²) in [5.41, 5.74) is 4.73. The molecule has 0 unspecified atom stereocenters. The van der Waals surface area contributed by atoms with Crippen LogP contribution in [0.25, 0.3) is 0 Å². The lowest BCUT2D eigenvalue weighted by Gasteiger charge is -2.36. The van der Waals surface area contributed by atoms with Crippen molar-refractivity contribution in [2.24, 2.45) is 12.0 Å². The molecule has 0 spiro atoms. The highest BCUT2D eigenvalue weighted by Gasteiger charge is 2.20. The minimum atomic E-state index is 0.663. The van der Waals surface area contributed by atoms with Crippen LogP contribution in [0, 0.1) is 13.8 Å². The van der Waals surface area contributed by atoms with Crippen molar-refractivity contribution < 1.29 is 0 Å². The van der Waals surface area contributed by atoms with Crippen molar-refractivity contribution in [1.82, 2.24) is 24.9 Å². The fourth-order valence-corrected chi connectivity index (χ4v) is 3.85. The maximum absolute atomic E-state index is 6.11. The lowest BCUT2D eigenvalue weighted by molar-refractivity contribution is 0.172. The van der Waals surface area contributed by atoms with E-state index in [-0.39, 0.29) is 0 Å². The van der Waals surface area contributed by atoms with Gasteiger partial charge in [0, 0.05) is 62.6 Å². The molecule has 6 nitrogen and oxygen atoms in total. The molecule has 0 bridgehead atoms. The number of nitrogens with one attached hydrogen (secondary N) is 1. The number of rotatable bonds is 5. The fourth-order valence-electron chi connectivity index (χ4n) is 3.64. The van der Waals surface area contributed by atoms with E-state index in [1.54, 1.807) is 0 Å².